The molecule has 1 saturated heterocycles. The number of likely N-dealkylation sites (tertiary alicyclic amines) is 1. The topological polar surface area (TPSA) is 54.0 Å². The SMILES string of the molecule is COCCNCC1CCN(CC(O)COC)CC1. The normalized spacial score (nSPS) is 20.2. The first-order chi connectivity index (χ1) is 8.76. The van der Waals surface area contributed by atoms with E-state index in [1.54, 1.807) is 14.2 Å². The van der Waals surface area contributed by atoms with Gasteiger partial charge in [0.05, 0.1) is 19.3 Å². The minimum absolute atomic E-state index is 0.355. The van der Waals surface area contributed by atoms with Gasteiger partial charge in [0.2, 0.25) is 0 Å². The molecular formula is C13H28N2O3. The Kier molecular flexibility index (Phi) is 8.54. The Morgan fingerprint density at radius 2 is 2.00 bits per heavy atom. The standard InChI is InChI=1S/C13H28N2O3/c1-17-8-5-14-9-12-3-6-15(7-4-12)10-13(16)11-18-2/h12-14,16H,3-11H2,1-2H3. The number of ether oxygens (including phenoxy) is 2. The van der Waals surface area contributed by atoms with Crippen molar-refractivity contribution in [2.45, 2.75) is 18.9 Å². The van der Waals surface area contributed by atoms with Crippen LogP contribution in [0.3, 0.4) is 0 Å². The Balaban J connectivity index is 2.05. The molecule has 108 valence electrons. The van der Waals surface area contributed by atoms with E-state index in [2.05, 4.69) is 10.2 Å². The number of piperidine rings is 1. The molecule has 0 amide bonds. The molecule has 0 spiro atoms. The van der Waals surface area contributed by atoms with Crippen molar-refractivity contribution in [1.29, 1.82) is 0 Å². The summed E-state index contributed by atoms with van der Waals surface area (Å²) in [6.45, 7) is 6.12. The highest BCUT2D eigenvalue weighted by Gasteiger charge is 2.20. The van der Waals surface area contributed by atoms with E-state index in [0.29, 0.717) is 6.61 Å². The van der Waals surface area contributed by atoms with Gasteiger partial charge in [0.1, 0.15) is 0 Å². The number of hydrogen-bond acceptors (Lipinski definition) is 5. The summed E-state index contributed by atoms with van der Waals surface area (Å²) in [6.07, 6.45) is 2.06. The Bertz CT molecular complexity index is 197. The highest BCUT2D eigenvalue weighted by Crippen LogP contribution is 2.16. The highest BCUT2D eigenvalue weighted by atomic mass is 16.5. The van der Waals surface area contributed by atoms with Crippen LogP contribution in [-0.2, 0) is 9.47 Å². The van der Waals surface area contributed by atoms with E-state index < -0.39 is 0 Å². The second-order valence-electron chi connectivity index (χ2n) is 5.05. The van der Waals surface area contributed by atoms with E-state index in [1.165, 1.54) is 12.8 Å². The number of rotatable bonds is 9. The first-order valence-corrected chi connectivity index (χ1v) is 6.85. The van der Waals surface area contributed by atoms with Crippen molar-refractivity contribution in [2.24, 2.45) is 5.92 Å². The van der Waals surface area contributed by atoms with Gasteiger partial charge >= 0.3 is 0 Å². The third-order valence-electron chi connectivity index (χ3n) is 3.45. The summed E-state index contributed by atoms with van der Waals surface area (Å²) in [7, 11) is 3.35. The lowest BCUT2D eigenvalue weighted by Crippen LogP contribution is -2.42. The van der Waals surface area contributed by atoms with Crippen LogP contribution < -0.4 is 5.32 Å². The van der Waals surface area contributed by atoms with Crippen LogP contribution in [0.15, 0.2) is 0 Å². The molecule has 1 heterocycles. The number of methoxy groups -OCH3 is 2. The van der Waals surface area contributed by atoms with Gasteiger partial charge in [-0.3, -0.25) is 0 Å². The predicted molar refractivity (Wildman–Crippen MR) is 71.8 cm³/mol. The molecule has 0 aromatic rings. The molecule has 1 atom stereocenters. The van der Waals surface area contributed by atoms with Gasteiger partial charge in [-0.2, -0.15) is 0 Å². The van der Waals surface area contributed by atoms with Crippen molar-refractivity contribution in [1.82, 2.24) is 10.2 Å². The van der Waals surface area contributed by atoms with Crippen molar-refractivity contribution >= 4 is 0 Å². The van der Waals surface area contributed by atoms with Crippen LogP contribution in [0.4, 0.5) is 0 Å². The molecular weight excluding hydrogens is 232 g/mol. The lowest BCUT2D eigenvalue weighted by atomic mass is 9.96. The van der Waals surface area contributed by atoms with E-state index in [1.807, 2.05) is 0 Å². The minimum atomic E-state index is -0.355. The van der Waals surface area contributed by atoms with Crippen LogP contribution in [0.2, 0.25) is 0 Å². The molecule has 0 aliphatic carbocycles. The van der Waals surface area contributed by atoms with Gasteiger partial charge < -0.3 is 24.8 Å². The lowest BCUT2D eigenvalue weighted by molar-refractivity contribution is 0.0292. The molecule has 18 heavy (non-hydrogen) atoms. The molecule has 1 unspecified atom stereocenters. The van der Waals surface area contributed by atoms with Crippen molar-refractivity contribution in [3.05, 3.63) is 0 Å². The molecule has 2 N–H and O–H groups in total. The molecule has 0 radical (unpaired) electrons. The number of nitrogens with zero attached hydrogens (tertiary/aromatic N) is 1. The zero-order chi connectivity index (χ0) is 13.2. The first-order valence-electron chi connectivity index (χ1n) is 6.85. The second kappa shape index (κ2) is 9.69. The summed E-state index contributed by atoms with van der Waals surface area (Å²) in [6, 6.07) is 0. The monoisotopic (exact) mass is 260 g/mol. The van der Waals surface area contributed by atoms with Gasteiger partial charge in [-0.05, 0) is 38.4 Å². The van der Waals surface area contributed by atoms with E-state index >= 15 is 0 Å². The maximum absolute atomic E-state index is 9.67. The molecule has 1 aliphatic heterocycles. The molecule has 1 fully saturated rings. The fourth-order valence-corrected chi connectivity index (χ4v) is 2.40. The number of hydrogen-bond donors (Lipinski definition) is 2. The summed E-state index contributed by atoms with van der Waals surface area (Å²) in [5.41, 5.74) is 0. The van der Waals surface area contributed by atoms with Gasteiger partial charge in [-0.15, -0.1) is 0 Å². The van der Waals surface area contributed by atoms with Gasteiger partial charge in [0.15, 0.2) is 0 Å². The van der Waals surface area contributed by atoms with E-state index in [0.717, 1.165) is 45.2 Å². The maximum Gasteiger partial charge on any atom is 0.0900 e. The summed E-state index contributed by atoms with van der Waals surface area (Å²) >= 11 is 0. The third-order valence-corrected chi connectivity index (χ3v) is 3.45. The Morgan fingerprint density at radius 1 is 1.28 bits per heavy atom. The van der Waals surface area contributed by atoms with Crippen LogP contribution in [-0.4, -0.2) is 76.3 Å². The van der Waals surface area contributed by atoms with Crippen LogP contribution >= 0.6 is 0 Å². The van der Waals surface area contributed by atoms with Crippen LogP contribution in [0.5, 0.6) is 0 Å². The fourth-order valence-electron chi connectivity index (χ4n) is 2.40. The van der Waals surface area contributed by atoms with Crippen molar-refractivity contribution in [3.63, 3.8) is 0 Å². The molecule has 0 saturated carbocycles. The largest absolute Gasteiger partial charge is 0.389 e. The Hall–Kier alpha value is -0.200. The lowest BCUT2D eigenvalue weighted by Gasteiger charge is -2.33. The predicted octanol–water partition coefficient (Wildman–Crippen LogP) is -0.0583. The Morgan fingerprint density at radius 3 is 2.61 bits per heavy atom. The van der Waals surface area contributed by atoms with Gasteiger partial charge in [0.25, 0.3) is 0 Å². The van der Waals surface area contributed by atoms with Crippen LogP contribution in [0.1, 0.15) is 12.8 Å². The van der Waals surface area contributed by atoms with Gasteiger partial charge in [0, 0.05) is 27.3 Å². The summed E-state index contributed by atoms with van der Waals surface area (Å²) in [5, 5.41) is 13.1. The van der Waals surface area contributed by atoms with Crippen molar-refractivity contribution < 1.29 is 14.6 Å². The number of nitrogens with one attached hydrogen (secondary N) is 1. The summed E-state index contributed by atoms with van der Waals surface area (Å²) < 4.78 is 9.95. The average molecular weight is 260 g/mol. The smallest absolute Gasteiger partial charge is 0.0900 e. The molecule has 5 heteroatoms. The second-order valence-corrected chi connectivity index (χ2v) is 5.05. The fraction of sp³-hybridized carbons (Fsp3) is 1.00. The molecule has 1 rings (SSSR count). The zero-order valence-electron chi connectivity index (χ0n) is 11.7. The van der Waals surface area contributed by atoms with Gasteiger partial charge in [-0.25, -0.2) is 0 Å². The molecule has 0 aromatic heterocycles. The number of aliphatic hydroxyl groups excluding tert-OH is 1. The van der Waals surface area contributed by atoms with Gasteiger partial charge in [-0.1, -0.05) is 0 Å². The van der Waals surface area contributed by atoms with Crippen LogP contribution in [0.25, 0.3) is 0 Å². The zero-order valence-corrected chi connectivity index (χ0v) is 11.7. The molecule has 5 nitrogen and oxygen atoms in total. The maximum atomic E-state index is 9.67. The van der Waals surface area contributed by atoms with Crippen molar-refractivity contribution in [2.75, 3.05) is 60.2 Å². The average Bonchev–Trinajstić information content (AvgIpc) is 2.37. The van der Waals surface area contributed by atoms with Crippen molar-refractivity contribution in [3.8, 4) is 0 Å². The summed E-state index contributed by atoms with van der Waals surface area (Å²) in [4.78, 5) is 2.33. The summed E-state index contributed by atoms with van der Waals surface area (Å²) in [5.74, 6) is 0.762. The van der Waals surface area contributed by atoms with E-state index in [-0.39, 0.29) is 6.10 Å². The number of β-amino-alcohol motifs (C(OH)–C–C–N with tert-alkyl or cyclic N) is 1. The first kappa shape index (κ1) is 15.9. The van der Waals surface area contributed by atoms with E-state index in [9.17, 15) is 5.11 Å². The minimum Gasteiger partial charge on any atom is -0.389 e. The molecule has 0 bridgehead atoms. The quantitative estimate of drug-likeness (QED) is 0.569. The van der Waals surface area contributed by atoms with E-state index in [4.69, 9.17) is 9.47 Å². The molecule has 0 aromatic carbocycles. The van der Waals surface area contributed by atoms with Crippen LogP contribution in [0, 0.1) is 5.92 Å². The number of aliphatic hydroxyl groups is 1. The highest BCUT2D eigenvalue weighted by molar-refractivity contribution is 4.75. The molecule has 1 aliphatic rings. The third kappa shape index (κ3) is 6.66. The Labute approximate surface area is 110 Å².